The second-order valence-electron chi connectivity index (χ2n) is 5.75. The first kappa shape index (κ1) is 18.3. The number of benzene rings is 3. The quantitative estimate of drug-likeness (QED) is 0.417. The molecule has 0 spiro atoms. The van der Waals surface area contributed by atoms with Crippen molar-refractivity contribution in [3.8, 4) is 17.9 Å². The van der Waals surface area contributed by atoms with Crippen LogP contribution < -0.4 is 4.74 Å². The smallest absolute Gasteiger partial charge is 0.127 e. The van der Waals surface area contributed by atoms with Crippen molar-refractivity contribution in [2.45, 2.75) is 6.61 Å². The highest BCUT2D eigenvalue weighted by molar-refractivity contribution is 6.32. The molecule has 0 bridgehead atoms. The van der Waals surface area contributed by atoms with Crippen LogP contribution >= 0.6 is 11.6 Å². The van der Waals surface area contributed by atoms with E-state index >= 15 is 0 Å². The van der Waals surface area contributed by atoms with Crippen LogP contribution in [0.1, 0.15) is 22.3 Å². The van der Waals surface area contributed by atoms with Gasteiger partial charge in [0, 0.05) is 21.7 Å². The summed E-state index contributed by atoms with van der Waals surface area (Å²) in [4.78, 5) is 0. The van der Waals surface area contributed by atoms with Crippen LogP contribution in [0, 0.1) is 22.7 Å². The fraction of sp³-hybridized carbons (Fsp3) is 0.0435. The first-order valence-electron chi connectivity index (χ1n) is 8.29. The summed E-state index contributed by atoms with van der Waals surface area (Å²) in [6.45, 7) is 0.266. The first-order valence-corrected chi connectivity index (χ1v) is 8.67. The van der Waals surface area contributed by atoms with Gasteiger partial charge in [-0.1, -0.05) is 66.2 Å². The zero-order valence-electron chi connectivity index (χ0n) is 14.4. The third-order valence-corrected chi connectivity index (χ3v) is 4.35. The molecule has 0 unspecified atom stereocenters. The number of halogens is 1. The highest BCUT2D eigenvalue weighted by Crippen LogP contribution is 2.28. The summed E-state index contributed by atoms with van der Waals surface area (Å²) >= 11 is 6.22. The molecule has 27 heavy (non-hydrogen) atoms. The minimum atomic E-state index is 0.266. The van der Waals surface area contributed by atoms with E-state index in [4.69, 9.17) is 16.3 Å². The highest BCUT2D eigenvalue weighted by atomic mass is 35.5. The predicted octanol–water partition coefficient (Wildman–Crippen LogP) is 5.85. The molecule has 0 saturated carbocycles. The van der Waals surface area contributed by atoms with E-state index in [0.29, 0.717) is 27.5 Å². The number of nitrogens with zero attached hydrogens (tertiary/aromatic N) is 2. The SMILES string of the molecule is N#CC(=Cc1ccccc1OCc1ccccc1C#N)c1ccccc1Cl. The second kappa shape index (κ2) is 8.72. The van der Waals surface area contributed by atoms with E-state index in [1.807, 2.05) is 60.7 Å². The van der Waals surface area contributed by atoms with Crippen LogP contribution in [-0.2, 0) is 6.61 Å². The molecule has 3 aromatic carbocycles. The Balaban J connectivity index is 1.91. The summed E-state index contributed by atoms with van der Waals surface area (Å²) in [5.74, 6) is 0.630. The number of hydrogen-bond acceptors (Lipinski definition) is 3. The van der Waals surface area contributed by atoms with Gasteiger partial charge in [-0.3, -0.25) is 0 Å². The fourth-order valence-electron chi connectivity index (χ4n) is 2.65. The minimum Gasteiger partial charge on any atom is -0.488 e. The lowest BCUT2D eigenvalue weighted by atomic mass is 10.0. The number of para-hydroxylation sites is 1. The summed E-state index contributed by atoms with van der Waals surface area (Å²) < 4.78 is 5.94. The van der Waals surface area contributed by atoms with Gasteiger partial charge in [-0.25, -0.2) is 0 Å². The van der Waals surface area contributed by atoms with Crippen molar-refractivity contribution in [3.05, 3.63) is 100 Å². The van der Waals surface area contributed by atoms with Crippen molar-refractivity contribution in [2.24, 2.45) is 0 Å². The maximum absolute atomic E-state index is 9.58. The number of rotatable bonds is 5. The zero-order chi connectivity index (χ0) is 19.1. The summed E-state index contributed by atoms with van der Waals surface area (Å²) in [5, 5.41) is 19.3. The highest BCUT2D eigenvalue weighted by Gasteiger charge is 2.09. The second-order valence-corrected chi connectivity index (χ2v) is 6.15. The molecule has 0 aromatic heterocycles. The van der Waals surface area contributed by atoms with Gasteiger partial charge in [0.1, 0.15) is 12.4 Å². The molecule has 0 saturated heterocycles. The molecule has 3 rings (SSSR count). The molecule has 0 atom stereocenters. The monoisotopic (exact) mass is 370 g/mol. The molecule has 4 heteroatoms. The van der Waals surface area contributed by atoms with E-state index in [9.17, 15) is 10.5 Å². The molecule has 0 amide bonds. The third kappa shape index (κ3) is 4.36. The number of ether oxygens (including phenoxy) is 1. The van der Waals surface area contributed by atoms with Crippen LogP contribution in [0.25, 0.3) is 11.6 Å². The maximum Gasteiger partial charge on any atom is 0.127 e. The van der Waals surface area contributed by atoms with Gasteiger partial charge in [0.25, 0.3) is 0 Å². The normalized spacial score (nSPS) is 10.7. The van der Waals surface area contributed by atoms with Gasteiger partial charge < -0.3 is 4.74 Å². The Kier molecular flexibility index (Phi) is 5.90. The molecule has 3 aromatic rings. The van der Waals surface area contributed by atoms with Gasteiger partial charge in [-0.05, 0) is 24.3 Å². The van der Waals surface area contributed by atoms with Crippen LogP contribution in [0.5, 0.6) is 5.75 Å². The van der Waals surface area contributed by atoms with Gasteiger partial charge >= 0.3 is 0 Å². The Morgan fingerprint density at radius 2 is 1.63 bits per heavy atom. The largest absolute Gasteiger partial charge is 0.488 e. The van der Waals surface area contributed by atoms with Crippen molar-refractivity contribution >= 4 is 23.3 Å². The Morgan fingerprint density at radius 3 is 2.41 bits per heavy atom. The Morgan fingerprint density at radius 1 is 0.926 bits per heavy atom. The molecular weight excluding hydrogens is 356 g/mol. The summed E-state index contributed by atoms with van der Waals surface area (Å²) in [5.41, 5.74) is 3.29. The average molecular weight is 371 g/mol. The molecule has 0 aliphatic rings. The van der Waals surface area contributed by atoms with Gasteiger partial charge in [0.15, 0.2) is 0 Å². The molecule has 0 aliphatic heterocycles. The van der Waals surface area contributed by atoms with Crippen LogP contribution in [0.15, 0.2) is 72.8 Å². The van der Waals surface area contributed by atoms with Gasteiger partial charge in [0.2, 0.25) is 0 Å². The molecule has 130 valence electrons. The Bertz CT molecular complexity index is 1070. The van der Waals surface area contributed by atoms with Crippen molar-refractivity contribution in [3.63, 3.8) is 0 Å². The summed E-state index contributed by atoms with van der Waals surface area (Å²) in [6, 6.07) is 26.4. The van der Waals surface area contributed by atoms with Gasteiger partial charge in [-0.15, -0.1) is 0 Å². The van der Waals surface area contributed by atoms with Crippen LogP contribution in [0.4, 0.5) is 0 Å². The Hall–Kier alpha value is -3.53. The molecule has 0 heterocycles. The maximum atomic E-state index is 9.58. The third-order valence-electron chi connectivity index (χ3n) is 4.02. The summed E-state index contributed by atoms with van der Waals surface area (Å²) in [6.07, 6.45) is 1.76. The molecular formula is C23H15ClN2O. The molecule has 0 N–H and O–H groups in total. The van der Waals surface area contributed by atoms with E-state index in [1.165, 1.54) is 0 Å². The van der Waals surface area contributed by atoms with E-state index in [0.717, 1.165) is 11.1 Å². The zero-order valence-corrected chi connectivity index (χ0v) is 15.1. The average Bonchev–Trinajstić information content (AvgIpc) is 2.72. The predicted molar refractivity (Wildman–Crippen MR) is 107 cm³/mol. The van der Waals surface area contributed by atoms with Crippen molar-refractivity contribution in [1.29, 1.82) is 10.5 Å². The van der Waals surface area contributed by atoms with E-state index in [1.54, 1.807) is 18.2 Å². The van der Waals surface area contributed by atoms with Crippen molar-refractivity contribution in [1.82, 2.24) is 0 Å². The molecule has 0 radical (unpaired) electrons. The van der Waals surface area contributed by atoms with Crippen LogP contribution in [0.3, 0.4) is 0 Å². The first-order chi connectivity index (χ1) is 13.2. The number of nitriles is 2. The fourth-order valence-corrected chi connectivity index (χ4v) is 2.88. The lowest BCUT2D eigenvalue weighted by molar-refractivity contribution is 0.305. The van der Waals surface area contributed by atoms with E-state index in [2.05, 4.69) is 12.1 Å². The lowest BCUT2D eigenvalue weighted by Crippen LogP contribution is -1.99. The standard InChI is InChI=1S/C23H15ClN2O/c24-22-11-5-4-10-21(22)20(15-26)13-17-7-3-6-12-23(17)27-16-19-9-2-1-8-18(19)14-25/h1-13H,16H2. The molecule has 0 aliphatic carbocycles. The lowest BCUT2D eigenvalue weighted by Gasteiger charge is -2.11. The van der Waals surface area contributed by atoms with Crippen LogP contribution in [0.2, 0.25) is 5.02 Å². The van der Waals surface area contributed by atoms with Gasteiger partial charge in [-0.2, -0.15) is 10.5 Å². The number of hydrogen-bond donors (Lipinski definition) is 0. The van der Waals surface area contributed by atoms with Crippen molar-refractivity contribution in [2.75, 3.05) is 0 Å². The van der Waals surface area contributed by atoms with E-state index < -0.39 is 0 Å². The molecule has 0 fully saturated rings. The molecule has 3 nitrogen and oxygen atoms in total. The summed E-state index contributed by atoms with van der Waals surface area (Å²) in [7, 11) is 0. The minimum absolute atomic E-state index is 0.266. The van der Waals surface area contributed by atoms with Crippen LogP contribution in [-0.4, -0.2) is 0 Å². The van der Waals surface area contributed by atoms with Crippen molar-refractivity contribution < 1.29 is 4.74 Å². The van der Waals surface area contributed by atoms with Gasteiger partial charge in [0.05, 0.1) is 23.3 Å². The number of allylic oxidation sites excluding steroid dienone is 1. The topological polar surface area (TPSA) is 56.8 Å². The van der Waals surface area contributed by atoms with E-state index in [-0.39, 0.29) is 6.61 Å². The Labute approximate surface area is 163 Å².